The Morgan fingerprint density at radius 1 is 0.875 bits per heavy atom. The van der Waals surface area contributed by atoms with Crippen LogP contribution in [0.2, 0.25) is 0 Å². The molecule has 3 aromatic rings. The maximum absolute atomic E-state index is 14.1. The second kappa shape index (κ2) is 7.72. The van der Waals surface area contributed by atoms with Gasteiger partial charge in [-0.2, -0.15) is 0 Å². The van der Waals surface area contributed by atoms with Crippen molar-refractivity contribution in [3.8, 4) is 0 Å². The van der Waals surface area contributed by atoms with Crippen LogP contribution in [-0.4, -0.2) is 27.7 Å². The molecule has 1 fully saturated rings. The number of ketones is 1. The molecule has 3 aromatic carbocycles. The summed E-state index contributed by atoms with van der Waals surface area (Å²) >= 11 is 0. The fraction of sp³-hybridized carbons (Fsp3) is 0.286. The van der Waals surface area contributed by atoms with Crippen LogP contribution in [-0.2, 0) is 16.9 Å². The van der Waals surface area contributed by atoms with Crippen molar-refractivity contribution >= 4 is 11.7 Å². The molecule has 2 aliphatic rings. The van der Waals surface area contributed by atoms with Crippen LogP contribution in [0.25, 0.3) is 0 Å². The number of carbonyl (C=O) groups is 2. The topological polar surface area (TPSA) is 57.6 Å². The Balaban J connectivity index is 1.73. The molecule has 1 N–H and O–H groups in total. The second-order valence-corrected chi connectivity index (χ2v) is 9.15. The summed E-state index contributed by atoms with van der Waals surface area (Å²) in [5.74, 6) is -1.83. The average Bonchev–Trinajstić information content (AvgIpc) is 3.03. The van der Waals surface area contributed by atoms with E-state index in [9.17, 15) is 14.7 Å². The fourth-order valence-electron chi connectivity index (χ4n) is 5.79. The first-order valence-electron chi connectivity index (χ1n) is 11.2. The number of piperidine rings is 1. The molecule has 0 spiro atoms. The van der Waals surface area contributed by atoms with Crippen molar-refractivity contribution in [1.82, 2.24) is 4.90 Å². The average molecular weight is 426 g/mol. The van der Waals surface area contributed by atoms with Gasteiger partial charge in [0, 0.05) is 23.1 Å². The number of aliphatic hydroxyl groups is 1. The van der Waals surface area contributed by atoms with Crippen LogP contribution in [0.1, 0.15) is 46.8 Å². The zero-order valence-corrected chi connectivity index (χ0v) is 18.3. The van der Waals surface area contributed by atoms with Crippen LogP contribution in [0.5, 0.6) is 0 Å². The standard InChI is InChI=1S/C28H27NO3/c1-18(2)29-27(31)22(17-19-11-5-3-6-12-19)24(20-13-7-4-8-14-20)25-26(30)21-15-9-10-16-23(21)28(25,29)32/h3-16,18,22,24-25,32H,17H2,1-2H3/t22-,24+,25?,28?/m0/s1. The van der Waals surface area contributed by atoms with Gasteiger partial charge >= 0.3 is 0 Å². The molecule has 4 atom stereocenters. The highest BCUT2D eigenvalue weighted by atomic mass is 16.3. The molecule has 0 bridgehead atoms. The van der Waals surface area contributed by atoms with Crippen molar-refractivity contribution in [3.63, 3.8) is 0 Å². The number of benzene rings is 3. The lowest BCUT2D eigenvalue weighted by Crippen LogP contribution is -2.64. The highest BCUT2D eigenvalue weighted by molar-refractivity contribution is 6.06. The van der Waals surface area contributed by atoms with Gasteiger partial charge in [-0.05, 0) is 31.4 Å². The molecule has 1 saturated heterocycles. The summed E-state index contributed by atoms with van der Waals surface area (Å²) in [6.07, 6.45) is 0.513. The Morgan fingerprint density at radius 2 is 1.47 bits per heavy atom. The van der Waals surface area contributed by atoms with Crippen molar-refractivity contribution < 1.29 is 14.7 Å². The van der Waals surface area contributed by atoms with Gasteiger partial charge in [-0.3, -0.25) is 9.59 Å². The number of likely N-dealkylation sites (tertiary alicyclic amines) is 1. The summed E-state index contributed by atoms with van der Waals surface area (Å²) < 4.78 is 0. The Bertz CT molecular complexity index is 1160. The molecule has 5 rings (SSSR count). The number of Topliss-reactive ketones (excluding diaryl/α,β-unsaturated/α-hetero) is 1. The van der Waals surface area contributed by atoms with Crippen LogP contribution in [0.3, 0.4) is 0 Å². The molecular weight excluding hydrogens is 398 g/mol. The van der Waals surface area contributed by atoms with E-state index in [0.717, 1.165) is 11.1 Å². The third-order valence-electron chi connectivity index (χ3n) is 7.02. The van der Waals surface area contributed by atoms with Gasteiger partial charge in [0.25, 0.3) is 0 Å². The zero-order chi connectivity index (χ0) is 22.5. The van der Waals surface area contributed by atoms with E-state index in [1.807, 2.05) is 86.6 Å². The number of amides is 1. The molecule has 0 radical (unpaired) electrons. The number of fused-ring (bicyclic) bond motifs is 3. The molecule has 0 saturated carbocycles. The lowest BCUT2D eigenvalue weighted by atomic mass is 9.66. The maximum atomic E-state index is 14.1. The van der Waals surface area contributed by atoms with E-state index in [1.54, 1.807) is 17.0 Å². The number of rotatable bonds is 4. The predicted molar refractivity (Wildman–Crippen MR) is 123 cm³/mol. The SMILES string of the molecule is CC(C)N1C(=O)[C@@H](Cc2ccccc2)[C@@H](c2ccccc2)C2C(=O)c3ccccc3C21O. The number of nitrogens with zero attached hydrogens (tertiary/aromatic N) is 1. The first-order valence-corrected chi connectivity index (χ1v) is 11.2. The quantitative estimate of drug-likeness (QED) is 0.668. The van der Waals surface area contributed by atoms with Gasteiger partial charge in [-0.1, -0.05) is 84.9 Å². The molecule has 32 heavy (non-hydrogen) atoms. The first kappa shape index (κ1) is 20.7. The summed E-state index contributed by atoms with van der Waals surface area (Å²) in [5, 5.41) is 12.2. The Morgan fingerprint density at radius 3 is 2.12 bits per heavy atom. The predicted octanol–water partition coefficient (Wildman–Crippen LogP) is 4.54. The highest BCUT2D eigenvalue weighted by Gasteiger charge is 2.65. The second-order valence-electron chi connectivity index (χ2n) is 9.15. The van der Waals surface area contributed by atoms with Crippen LogP contribution in [0.15, 0.2) is 84.9 Å². The van der Waals surface area contributed by atoms with E-state index in [1.165, 1.54) is 0 Å². The van der Waals surface area contributed by atoms with Gasteiger partial charge in [0.05, 0.1) is 11.8 Å². The molecule has 4 nitrogen and oxygen atoms in total. The smallest absolute Gasteiger partial charge is 0.229 e. The van der Waals surface area contributed by atoms with E-state index < -0.39 is 23.5 Å². The first-order chi connectivity index (χ1) is 15.4. The molecule has 1 heterocycles. The van der Waals surface area contributed by atoms with E-state index in [-0.39, 0.29) is 17.7 Å². The van der Waals surface area contributed by atoms with Crippen molar-refractivity contribution in [2.24, 2.45) is 11.8 Å². The van der Waals surface area contributed by atoms with Crippen molar-refractivity contribution in [3.05, 3.63) is 107 Å². The number of hydrogen-bond acceptors (Lipinski definition) is 3. The monoisotopic (exact) mass is 425 g/mol. The van der Waals surface area contributed by atoms with Gasteiger partial charge in [0.1, 0.15) is 0 Å². The minimum absolute atomic E-state index is 0.0897. The van der Waals surface area contributed by atoms with E-state index in [0.29, 0.717) is 17.5 Å². The maximum Gasteiger partial charge on any atom is 0.229 e. The minimum Gasteiger partial charge on any atom is -0.366 e. The van der Waals surface area contributed by atoms with Gasteiger partial charge in [-0.15, -0.1) is 0 Å². The molecule has 162 valence electrons. The van der Waals surface area contributed by atoms with Crippen LogP contribution in [0, 0.1) is 11.8 Å². The highest BCUT2D eigenvalue weighted by Crippen LogP contribution is 2.56. The lowest BCUT2D eigenvalue weighted by Gasteiger charge is -2.53. The van der Waals surface area contributed by atoms with Crippen LogP contribution in [0.4, 0.5) is 0 Å². The summed E-state index contributed by atoms with van der Waals surface area (Å²) in [6, 6.07) is 26.6. The largest absolute Gasteiger partial charge is 0.366 e. The van der Waals surface area contributed by atoms with Gasteiger partial charge in [0.2, 0.25) is 5.91 Å². The van der Waals surface area contributed by atoms with Gasteiger partial charge in [0.15, 0.2) is 11.5 Å². The van der Waals surface area contributed by atoms with Gasteiger partial charge in [-0.25, -0.2) is 0 Å². The normalized spacial score (nSPS) is 26.9. The molecule has 2 unspecified atom stereocenters. The Labute approximate surface area is 188 Å². The van der Waals surface area contributed by atoms with E-state index in [4.69, 9.17) is 0 Å². The summed E-state index contributed by atoms with van der Waals surface area (Å²) in [4.78, 5) is 29.4. The molecule has 4 heteroatoms. The van der Waals surface area contributed by atoms with Gasteiger partial charge < -0.3 is 10.0 Å². The Hall–Kier alpha value is -3.24. The van der Waals surface area contributed by atoms with Crippen LogP contribution < -0.4 is 0 Å². The fourth-order valence-corrected chi connectivity index (χ4v) is 5.79. The van der Waals surface area contributed by atoms with Crippen LogP contribution >= 0.6 is 0 Å². The van der Waals surface area contributed by atoms with Crippen molar-refractivity contribution in [1.29, 1.82) is 0 Å². The van der Waals surface area contributed by atoms with Crippen molar-refractivity contribution in [2.45, 2.75) is 38.0 Å². The van der Waals surface area contributed by atoms with Crippen molar-refractivity contribution in [2.75, 3.05) is 0 Å². The molecule has 1 aliphatic heterocycles. The number of hydrogen-bond donors (Lipinski definition) is 1. The third kappa shape index (κ3) is 2.94. The Kier molecular flexibility index (Phi) is 4.98. The van der Waals surface area contributed by atoms with E-state index >= 15 is 0 Å². The van der Waals surface area contributed by atoms with E-state index in [2.05, 4.69) is 0 Å². The molecular formula is C28H27NO3. The summed E-state index contributed by atoms with van der Waals surface area (Å²) in [6.45, 7) is 3.81. The molecule has 1 amide bonds. The summed E-state index contributed by atoms with van der Waals surface area (Å²) in [5.41, 5.74) is 1.35. The minimum atomic E-state index is -1.66. The third-order valence-corrected chi connectivity index (χ3v) is 7.02. The lowest BCUT2D eigenvalue weighted by molar-refractivity contribution is -0.202. The molecule has 1 aliphatic carbocycles. The zero-order valence-electron chi connectivity index (χ0n) is 18.3. The summed E-state index contributed by atoms with van der Waals surface area (Å²) in [7, 11) is 0. The number of carbonyl (C=O) groups excluding carboxylic acids is 2. The molecule has 0 aromatic heterocycles.